The van der Waals surface area contributed by atoms with Crippen molar-refractivity contribution in [2.75, 3.05) is 13.2 Å². The molecule has 2 rings (SSSR count). The van der Waals surface area contributed by atoms with E-state index >= 15 is 0 Å². The van der Waals surface area contributed by atoms with E-state index in [0.29, 0.717) is 19.1 Å². The zero-order valence-electron chi connectivity index (χ0n) is 8.60. The van der Waals surface area contributed by atoms with Gasteiger partial charge < -0.3 is 15.2 Å². The third-order valence-electron chi connectivity index (χ3n) is 2.13. The molecule has 86 valence electrons. The van der Waals surface area contributed by atoms with Gasteiger partial charge in [-0.25, -0.2) is 9.98 Å². The number of aromatic nitrogens is 1. The second-order valence-corrected chi connectivity index (χ2v) is 4.30. The molecule has 16 heavy (non-hydrogen) atoms. The van der Waals surface area contributed by atoms with Crippen LogP contribution in [-0.2, 0) is 4.74 Å². The molecule has 2 N–H and O–H groups in total. The lowest BCUT2D eigenvalue weighted by Crippen LogP contribution is -2.12. The van der Waals surface area contributed by atoms with Crippen molar-refractivity contribution in [2.45, 2.75) is 12.5 Å². The number of ether oxygens (including phenoxy) is 2. The molecule has 1 aromatic heterocycles. The Morgan fingerprint density at radius 2 is 2.44 bits per heavy atom. The maximum Gasteiger partial charge on any atom is 0.282 e. The summed E-state index contributed by atoms with van der Waals surface area (Å²) in [5.74, 6) is 0.610. The number of pyridine rings is 1. The summed E-state index contributed by atoms with van der Waals surface area (Å²) in [6.45, 7) is 1.10. The highest BCUT2D eigenvalue weighted by Gasteiger charge is 2.16. The van der Waals surface area contributed by atoms with Gasteiger partial charge in [0.2, 0.25) is 5.88 Å². The molecule has 0 saturated heterocycles. The number of rotatable bonds is 4. The van der Waals surface area contributed by atoms with Gasteiger partial charge in [0.15, 0.2) is 0 Å². The molecular weight excluding hydrogens is 274 g/mol. The maximum atomic E-state index is 5.46. The van der Waals surface area contributed by atoms with E-state index in [0.717, 1.165) is 10.9 Å². The normalized spacial score (nSPS) is 19.1. The van der Waals surface area contributed by atoms with Gasteiger partial charge in [0.05, 0.1) is 12.6 Å². The van der Waals surface area contributed by atoms with Crippen molar-refractivity contribution >= 4 is 22.0 Å². The molecule has 0 aliphatic carbocycles. The van der Waals surface area contributed by atoms with E-state index in [2.05, 4.69) is 25.9 Å². The van der Waals surface area contributed by atoms with E-state index in [1.807, 2.05) is 12.1 Å². The minimum absolute atomic E-state index is 0.107. The Balaban J connectivity index is 1.74. The first-order valence-corrected chi connectivity index (χ1v) is 5.74. The predicted molar refractivity (Wildman–Crippen MR) is 63.4 cm³/mol. The Kier molecular flexibility index (Phi) is 3.61. The quantitative estimate of drug-likeness (QED) is 0.906. The Hall–Kier alpha value is -1.30. The van der Waals surface area contributed by atoms with Gasteiger partial charge in [-0.05, 0) is 22.0 Å². The van der Waals surface area contributed by atoms with Gasteiger partial charge in [-0.15, -0.1) is 0 Å². The van der Waals surface area contributed by atoms with Crippen LogP contribution in [-0.4, -0.2) is 30.3 Å². The number of aliphatic imine (C=N–C) groups is 1. The van der Waals surface area contributed by atoms with Gasteiger partial charge in [0, 0.05) is 23.2 Å². The highest BCUT2D eigenvalue weighted by Crippen LogP contribution is 2.13. The zero-order valence-corrected chi connectivity index (χ0v) is 10.2. The Labute approximate surface area is 102 Å². The average Bonchev–Trinajstić information content (AvgIpc) is 2.67. The van der Waals surface area contributed by atoms with Crippen LogP contribution in [0.25, 0.3) is 0 Å². The number of nitrogens with zero attached hydrogens (tertiary/aromatic N) is 2. The standard InChI is InChI=1S/C10H12BrN3O2/c11-7-1-2-9(13-5-7)15-4-3-8-6-16-10(12)14-8/h1-2,5,8H,3-4,6H2,(H2,12,14). The monoisotopic (exact) mass is 285 g/mol. The lowest BCUT2D eigenvalue weighted by atomic mass is 10.2. The number of hydrogen-bond donors (Lipinski definition) is 1. The number of amidine groups is 1. The van der Waals surface area contributed by atoms with Gasteiger partial charge in [-0.2, -0.15) is 0 Å². The van der Waals surface area contributed by atoms with E-state index in [1.165, 1.54) is 0 Å². The molecule has 1 aliphatic heterocycles. The summed E-state index contributed by atoms with van der Waals surface area (Å²) in [6.07, 6.45) is 2.47. The lowest BCUT2D eigenvalue weighted by Gasteiger charge is -2.06. The first-order valence-electron chi connectivity index (χ1n) is 4.94. The third kappa shape index (κ3) is 3.10. The molecule has 1 unspecified atom stereocenters. The van der Waals surface area contributed by atoms with Gasteiger partial charge in [0.25, 0.3) is 6.02 Å². The molecule has 0 fully saturated rings. The second kappa shape index (κ2) is 5.16. The van der Waals surface area contributed by atoms with Crippen LogP contribution in [0, 0.1) is 0 Å². The molecular formula is C10H12BrN3O2. The molecule has 0 amide bonds. The topological polar surface area (TPSA) is 69.7 Å². The molecule has 0 bridgehead atoms. The van der Waals surface area contributed by atoms with E-state index < -0.39 is 0 Å². The molecule has 0 radical (unpaired) electrons. The highest BCUT2D eigenvalue weighted by molar-refractivity contribution is 9.10. The van der Waals surface area contributed by atoms with Crippen LogP contribution in [0.15, 0.2) is 27.8 Å². The van der Waals surface area contributed by atoms with Crippen LogP contribution in [0.1, 0.15) is 6.42 Å². The molecule has 1 aliphatic rings. The van der Waals surface area contributed by atoms with Crippen molar-refractivity contribution in [1.82, 2.24) is 4.98 Å². The fourth-order valence-electron chi connectivity index (χ4n) is 1.33. The summed E-state index contributed by atoms with van der Waals surface area (Å²) in [6, 6.07) is 4.08. The summed E-state index contributed by atoms with van der Waals surface area (Å²) in [5, 5.41) is 0. The van der Waals surface area contributed by atoms with Gasteiger partial charge in [0.1, 0.15) is 6.61 Å². The Bertz CT molecular complexity index is 380. The zero-order chi connectivity index (χ0) is 11.4. The van der Waals surface area contributed by atoms with E-state index in [9.17, 15) is 0 Å². The fraction of sp³-hybridized carbons (Fsp3) is 0.400. The van der Waals surface area contributed by atoms with Crippen molar-refractivity contribution in [3.05, 3.63) is 22.8 Å². The fourth-order valence-corrected chi connectivity index (χ4v) is 1.57. The number of halogens is 1. The van der Waals surface area contributed by atoms with Crippen LogP contribution in [0.3, 0.4) is 0 Å². The SMILES string of the molecule is NC1=NC(CCOc2ccc(Br)cn2)CO1. The third-order valence-corrected chi connectivity index (χ3v) is 2.60. The minimum Gasteiger partial charge on any atom is -0.478 e. The van der Waals surface area contributed by atoms with Crippen LogP contribution in [0.4, 0.5) is 0 Å². The molecule has 5 nitrogen and oxygen atoms in total. The van der Waals surface area contributed by atoms with E-state index in [1.54, 1.807) is 6.20 Å². The molecule has 0 aromatic carbocycles. The van der Waals surface area contributed by atoms with Crippen molar-refractivity contribution < 1.29 is 9.47 Å². The number of nitrogens with two attached hydrogens (primary N) is 1. The van der Waals surface area contributed by atoms with Crippen LogP contribution in [0.2, 0.25) is 0 Å². The van der Waals surface area contributed by atoms with Crippen molar-refractivity contribution in [3.8, 4) is 5.88 Å². The van der Waals surface area contributed by atoms with E-state index in [4.69, 9.17) is 15.2 Å². The Morgan fingerprint density at radius 1 is 1.56 bits per heavy atom. The van der Waals surface area contributed by atoms with Crippen molar-refractivity contribution in [3.63, 3.8) is 0 Å². The minimum atomic E-state index is 0.107. The van der Waals surface area contributed by atoms with Crippen LogP contribution >= 0.6 is 15.9 Å². The summed E-state index contributed by atoms with van der Waals surface area (Å²) in [5.41, 5.74) is 5.39. The largest absolute Gasteiger partial charge is 0.478 e. The smallest absolute Gasteiger partial charge is 0.282 e. The van der Waals surface area contributed by atoms with Gasteiger partial charge in [-0.3, -0.25) is 0 Å². The summed E-state index contributed by atoms with van der Waals surface area (Å²) in [4.78, 5) is 8.19. The van der Waals surface area contributed by atoms with Crippen molar-refractivity contribution in [2.24, 2.45) is 10.7 Å². The highest BCUT2D eigenvalue weighted by atomic mass is 79.9. The Morgan fingerprint density at radius 3 is 3.06 bits per heavy atom. The summed E-state index contributed by atoms with van der Waals surface area (Å²) in [7, 11) is 0. The molecule has 0 saturated carbocycles. The molecule has 1 aromatic rings. The molecule has 0 spiro atoms. The maximum absolute atomic E-state index is 5.46. The number of hydrogen-bond acceptors (Lipinski definition) is 5. The van der Waals surface area contributed by atoms with Crippen molar-refractivity contribution in [1.29, 1.82) is 0 Å². The predicted octanol–water partition coefficient (Wildman–Crippen LogP) is 1.33. The first kappa shape index (κ1) is 11.2. The summed E-state index contributed by atoms with van der Waals surface area (Å²) >= 11 is 3.31. The van der Waals surface area contributed by atoms with Crippen LogP contribution < -0.4 is 10.5 Å². The van der Waals surface area contributed by atoms with Gasteiger partial charge in [-0.1, -0.05) is 0 Å². The molecule has 6 heteroatoms. The first-order chi connectivity index (χ1) is 7.74. The molecule has 1 atom stereocenters. The van der Waals surface area contributed by atoms with Gasteiger partial charge >= 0.3 is 0 Å². The summed E-state index contributed by atoms with van der Waals surface area (Å²) < 4.78 is 11.4. The van der Waals surface area contributed by atoms with E-state index in [-0.39, 0.29) is 12.1 Å². The molecule has 2 heterocycles. The lowest BCUT2D eigenvalue weighted by molar-refractivity contribution is 0.258. The second-order valence-electron chi connectivity index (χ2n) is 3.38. The average molecular weight is 286 g/mol. The van der Waals surface area contributed by atoms with Crippen LogP contribution in [0.5, 0.6) is 5.88 Å².